The Kier molecular flexibility index (Phi) is 4.48. The first-order valence-corrected chi connectivity index (χ1v) is 7.54. The highest BCUT2D eigenvalue weighted by Gasteiger charge is 2.20. The molecule has 19 heavy (non-hydrogen) atoms. The van der Waals surface area contributed by atoms with Crippen LogP contribution in [-0.4, -0.2) is 27.2 Å². The van der Waals surface area contributed by atoms with E-state index in [4.69, 9.17) is 11.7 Å². The molecule has 0 fully saturated rings. The summed E-state index contributed by atoms with van der Waals surface area (Å²) >= 11 is 0. The van der Waals surface area contributed by atoms with E-state index in [9.17, 15) is 8.42 Å². The van der Waals surface area contributed by atoms with Crippen LogP contribution in [0.4, 0.5) is 0 Å². The molecule has 0 saturated carbocycles. The van der Waals surface area contributed by atoms with Gasteiger partial charge in [-0.05, 0) is 39.8 Å². The summed E-state index contributed by atoms with van der Waals surface area (Å²) in [4.78, 5) is -0.0637. The van der Waals surface area contributed by atoms with Gasteiger partial charge in [-0.1, -0.05) is 17.7 Å². The third-order valence-electron chi connectivity index (χ3n) is 2.51. The average molecular weight is 288 g/mol. The van der Waals surface area contributed by atoms with Gasteiger partial charge in [0.05, 0.1) is 19.8 Å². The molecule has 1 rings (SSSR count). The molecule has 0 unspecified atom stereocenters. The van der Waals surface area contributed by atoms with Gasteiger partial charge >= 0.3 is 0 Å². The SMILES string of the molecule is [2H]C([2H])(CC(C)(C)OCC)OS(=O)(=O)c1ccc(C)cc1. The highest BCUT2D eigenvalue weighted by atomic mass is 32.2. The first-order chi connectivity index (χ1) is 9.47. The molecule has 108 valence electrons. The summed E-state index contributed by atoms with van der Waals surface area (Å²) in [7, 11) is -4.15. The zero-order valence-electron chi connectivity index (χ0n) is 13.8. The molecule has 0 N–H and O–H groups in total. The van der Waals surface area contributed by atoms with Crippen LogP contribution in [0.3, 0.4) is 0 Å². The molecule has 0 aliphatic rings. The summed E-state index contributed by atoms with van der Waals surface area (Å²) in [6.07, 6.45) is -0.196. The van der Waals surface area contributed by atoms with E-state index in [2.05, 4.69) is 0 Å². The zero-order chi connectivity index (χ0) is 16.3. The Morgan fingerprint density at radius 3 is 2.37 bits per heavy atom. The molecule has 0 aromatic heterocycles. The first-order valence-electron chi connectivity index (χ1n) is 7.14. The molecule has 1 aromatic rings. The fourth-order valence-electron chi connectivity index (χ4n) is 1.48. The minimum atomic E-state index is -4.15. The van der Waals surface area contributed by atoms with Gasteiger partial charge in [0, 0.05) is 13.0 Å². The van der Waals surface area contributed by atoms with Crippen molar-refractivity contribution in [3.8, 4) is 0 Å². The van der Waals surface area contributed by atoms with Crippen molar-refractivity contribution in [2.45, 2.75) is 44.6 Å². The maximum absolute atomic E-state index is 12.1. The molecule has 0 bridgehead atoms. The van der Waals surface area contributed by atoms with E-state index >= 15 is 0 Å². The largest absolute Gasteiger partial charge is 0.376 e. The Hall–Kier alpha value is -0.910. The summed E-state index contributed by atoms with van der Waals surface area (Å²) in [5, 5.41) is 0. The summed E-state index contributed by atoms with van der Waals surface area (Å²) in [5.74, 6) is 0. The van der Waals surface area contributed by atoms with E-state index in [1.54, 1.807) is 32.9 Å². The lowest BCUT2D eigenvalue weighted by molar-refractivity contribution is -0.0233. The van der Waals surface area contributed by atoms with Crippen LogP contribution >= 0.6 is 0 Å². The molecule has 0 aliphatic carbocycles. The lowest BCUT2D eigenvalue weighted by atomic mass is 10.1. The fraction of sp³-hybridized carbons (Fsp3) is 0.571. The highest BCUT2D eigenvalue weighted by Crippen LogP contribution is 2.17. The van der Waals surface area contributed by atoms with E-state index < -0.39 is 22.3 Å². The van der Waals surface area contributed by atoms with E-state index in [-0.39, 0.29) is 11.3 Å². The van der Waals surface area contributed by atoms with Crippen molar-refractivity contribution < 1.29 is 20.1 Å². The quantitative estimate of drug-likeness (QED) is 0.724. The maximum Gasteiger partial charge on any atom is 0.296 e. The van der Waals surface area contributed by atoms with E-state index in [1.807, 2.05) is 6.92 Å². The monoisotopic (exact) mass is 288 g/mol. The fourth-order valence-corrected chi connectivity index (χ4v) is 2.26. The van der Waals surface area contributed by atoms with Gasteiger partial charge in [0.25, 0.3) is 10.1 Å². The van der Waals surface area contributed by atoms with Crippen molar-refractivity contribution in [3.63, 3.8) is 0 Å². The smallest absolute Gasteiger partial charge is 0.296 e. The maximum atomic E-state index is 12.1. The van der Waals surface area contributed by atoms with Gasteiger partial charge < -0.3 is 4.74 Å². The molecule has 0 atom stereocenters. The molecule has 0 radical (unpaired) electrons. The lowest BCUT2D eigenvalue weighted by Gasteiger charge is -2.24. The van der Waals surface area contributed by atoms with Crippen LogP contribution in [0.15, 0.2) is 29.2 Å². The Morgan fingerprint density at radius 1 is 1.26 bits per heavy atom. The molecular formula is C14H22O4S. The third-order valence-corrected chi connectivity index (χ3v) is 3.70. The van der Waals surface area contributed by atoms with Crippen LogP contribution in [-0.2, 0) is 19.0 Å². The Bertz CT molecular complexity index is 565. The Morgan fingerprint density at radius 2 is 1.84 bits per heavy atom. The van der Waals surface area contributed by atoms with E-state index in [0.717, 1.165) is 5.56 Å². The topological polar surface area (TPSA) is 52.6 Å². The normalized spacial score (nSPS) is 14.9. The predicted octanol–water partition coefficient (Wildman–Crippen LogP) is 2.91. The zero-order valence-corrected chi connectivity index (χ0v) is 12.6. The van der Waals surface area contributed by atoms with Crippen LogP contribution in [0.5, 0.6) is 0 Å². The van der Waals surface area contributed by atoms with Crippen molar-refractivity contribution in [2.24, 2.45) is 0 Å². The van der Waals surface area contributed by atoms with Crippen LogP contribution in [0.2, 0.25) is 0 Å². The summed E-state index contributed by atoms with van der Waals surface area (Å²) in [6.45, 7) is 5.07. The van der Waals surface area contributed by atoms with E-state index in [1.165, 1.54) is 12.1 Å². The van der Waals surface area contributed by atoms with Crippen LogP contribution in [0, 0.1) is 6.92 Å². The molecule has 5 heteroatoms. The van der Waals surface area contributed by atoms with Crippen molar-refractivity contribution in [3.05, 3.63) is 29.8 Å². The van der Waals surface area contributed by atoms with Gasteiger partial charge in [-0.15, -0.1) is 0 Å². The Balaban J connectivity index is 2.89. The average Bonchev–Trinajstić information content (AvgIpc) is 2.25. The molecule has 4 nitrogen and oxygen atoms in total. The first kappa shape index (κ1) is 13.1. The van der Waals surface area contributed by atoms with Gasteiger partial charge in [0.15, 0.2) is 0 Å². The number of rotatable bonds is 7. The van der Waals surface area contributed by atoms with Gasteiger partial charge in [-0.3, -0.25) is 4.18 Å². The second kappa shape index (κ2) is 6.50. The number of benzene rings is 1. The lowest BCUT2D eigenvalue weighted by Crippen LogP contribution is -2.27. The van der Waals surface area contributed by atoms with Crippen molar-refractivity contribution in [1.82, 2.24) is 0 Å². The van der Waals surface area contributed by atoms with Crippen molar-refractivity contribution in [1.29, 1.82) is 0 Å². The highest BCUT2D eigenvalue weighted by molar-refractivity contribution is 7.86. The minimum Gasteiger partial charge on any atom is -0.376 e. The van der Waals surface area contributed by atoms with Crippen molar-refractivity contribution in [2.75, 3.05) is 13.2 Å². The predicted molar refractivity (Wildman–Crippen MR) is 74.6 cm³/mol. The molecule has 1 aromatic carbocycles. The molecule has 0 amide bonds. The number of hydrogen-bond acceptors (Lipinski definition) is 4. The molecule has 0 heterocycles. The van der Waals surface area contributed by atoms with Gasteiger partial charge in [0.1, 0.15) is 0 Å². The molecular weight excluding hydrogens is 264 g/mol. The summed E-state index contributed by atoms with van der Waals surface area (Å²) in [6, 6.07) is 6.06. The van der Waals surface area contributed by atoms with Gasteiger partial charge in [0.2, 0.25) is 0 Å². The Labute approximate surface area is 118 Å². The summed E-state index contributed by atoms with van der Waals surface area (Å²) < 4.78 is 49.9. The standard InChI is InChI=1S/C14H22O4S/c1-5-17-14(3,4)10-11-18-19(15,16)13-8-6-12(2)7-9-13/h6-9H,5,10-11H2,1-4H3/i11D2. The number of hydrogen-bond donors (Lipinski definition) is 0. The summed E-state index contributed by atoms with van der Waals surface area (Å²) in [5.41, 5.74) is 0.0931. The van der Waals surface area contributed by atoms with Crippen LogP contribution in [0.1, 0.15) is 35.5 Å². The minimum absolute atomic E-state index is 0.0637. The van der Waals surface area contributed by atoms with Crippen LogP contribution < -0.4 is 0 Å². The van der Waals surface area contributed by atoms with Gasteiger partial charge in [-0.25, -0.2) is 0 Å². The van der Waals surface area contributed by atoms with Crippen molar-refractivity contribution >= 4 is 10.1 Å². The van der Waals surface area contributed by atoms with Gasteiger partial charge in [-0.2, -0.15) is 8.42 Å². The second-order valence-electron chi connectivity index (χ2n) is 4.86. The van der Waals surface area contributed by atoms with E-state index in [0.29, 0.717) is 6.61 Å². The number of aryl methyl sites for hydroxylation is 1. The molecule has 0 saturated heterocycles. The van der Waals surface area contributed by atoms with Crippen LogP contribution in [0.25, 0.3) is 0 Å². The molecule has 0 aliphatic heterocycles. The molecule has 0 spiro atoms. The third kappa shape index (κ3) is 5.30. The second-order valence-corrected chi connectivity index (χ2v) is 6.41. The number of ether oxygens (including phenoxy) is 1.